The lowest BCUT2D eigenvalue weighted by Crippen LogP contribution is -2.16. The van der Waals surface area contributed by atoms with Gasteiger partial charge < -0.3 is 4.57 Å². The number of thiazole rings is 1. The molecule has 3 rings (SSSR count). The van der Waals surface area contributed by atoms with Crippen LogP contribution < -0.4 is 4.80 Å². The Morgan fingerprint density at radius 2 is 2.13 bits per heavy atom. The van der Waals surface area contributed by atoms with E-state index in [0.717, 1.165) is 32.7 Å². The number of hydrogen-bond acceptors (Lipinski definition) is 4. The van der Waals surface area contributed by atoms with Gasteiger partial charge in [-0.15, -0.1) is 22.2 Å². The number of aromatic nitrogens is 1. The van der Waals surface area contributed by atoms with E-state index in [1.165, 1.54) is 11.3 Å². The fourth-order valence-electron chi connectivity index (χ4n) is 2.38. The first-order valence-electron chi connectivity index (χ1n) is 6.81. The first-order chi connectivity index (χ1) is 10.9. The number of hydrogen-bond donors (Lipinski definition) is 0. The zero-order valence-corrected chi connectivity index (χ0v) is 15.1. The molecule has 0 aliphatic carbocycles. The highest BCUT2D eigenvalue weighted by atomic mass is 32.2. The van der Waals surface area contributed by atoms with Crippen molar-refractivity contribution in [2.75, 3.05) is 0 Å². The Labute approximate surface area is 142 Å². The highest BCUT2D eigenvalue weighted by Crippen LogP contribution is 2.24. The molecule has 2 heterocycles. The maximum absolute atomic E-state index is 12.4. The number of fused-ring (bicyclic) bond motifs is 1. The summed E-state index contributed by atoms with van der Waals surface area (Å²) in [5.74, 6) is 2.58. The third-order valence-corrected chi connectivity index (χ3v) is 7.30. The van der Waals surface area contributed by atoms with Gasteiger partial charge >= 0.3 is 0 Å². The van der Waals surface area contributed by atoms with E-state index in [2.05, 4.69) is 16.4 Å². The number of aryl methyl sites for hydroxylation is 2. The molecule has 23 heavy (non-hydrogen) atoms. The summed E-state index contributed by atoms with van der Waals surface area (Å²) >= 11 is 2.50. The average molecular weight is 363 g/mol. The molecule has 1 aromatic carbocycles. The van der Waals surface area contributed by atoms with Gasteiger partial charge in [0.15, 0.2) is 0 Å². The highest BCUT2D eigenvalue weighted by molar-refractivity contribution is 7.92. The summed E-state index contributed by atoms with van der Waals surface area (Å²) < 4.78 is 31.9. The van der Waals surface area contributed by atoms with Gasteiger partial charge in [-0.05, 0) is 42.5 Å². The Kier molecular flexibility index (Phi) is 4.15. The summed E-state index contributed by atoms with van der Waals surface area (Å²) in [5.41, 5.74) is 3.11. The second kappa shape index (κ2) is 5.96. The number of sulfonamides is 1. The molecule has 0 aliphatic heterocycles. The third kappa shape index (κ3) is 2.98. The number of rotatable bonds is 3. The normalized spacial score (nSPS) is 12.7. The minimum absolute atomic E-state index is 0.232. The molecule has 0 N–H and O–H groups in total. The number of thiophene rings is 1. The van der Waals surface area contributed by atoms with Crippen molar-refractivity contribution in [2.24, 2.45) is 4.40 Å². The Hall–Kier alpha value is -1.88. The Balaban J connectivity index is 2.34. The van der Waals surface area contributed by atoms with Crippen LogP contribution in [0.4, 0.5) is 0 Å². The smallest absolute Gasteiger partial charge is 0.294 e. The summed E-state index contributed by atoms with van der Waals surface area (Å²) in [4.78, 5) is 0.403. The Morgan fingerprint density at radius 3 is 2.78 bits per heavy atom. The minimum atomic E-state index is -3.72. The molecule has 0 unspecified atom stereocenters. The molecule has 0 spiro atoms. The van der Waals surface area contributed by atoms with Gasteiger partial charge in [-0.25, -0.2) is 0 Å². The van der Waals surface area contributed by atoms with Crippen LogP contribution in [0.15, 0.2) is 38.3 Å². The van der Waals surface area contributed by atoms with Gasteiger partial charge in [-0.3, -0.25) is 0 Å². The predicted octanol–water partition coefficient (Wildman–Crippen LogP) is 3.30. The zero-order chi connectivity index (χ0) is 16.6. The van der Waals surface area contributed by atoms with Crippen molar-refractivity contribution in [3.8, 4) is 12.3 Å². The molecule has 0 bridgehead atoms. The van der Waals surface area contributed by atoms with Crippen LogP contribution >= 0.6 is 22.7 Å². The van der Waals surface area contributed by atoms with E-state index < -0.39 is 10.0 Å². The van der Waals surface area contributed by atoms with Crippen LogP contribution in [-0.2, 0) is 16.6 Å². The van der Waals surface area contributed by atoms with Crippen LogP contribution in [0.5, 0.6) is 0 Å². The predicted molar refractivity (Wildman–Crippen MR) is 95.2 cm³/mol. The van der Waals surface area contributed by atoms with Crippen molar-refractivity contribution < 1.29 is 8.42 Å². The van der Waals surface area contributed by atoms with Crippen LogP contribution in [0.3, 0.4) is 0 Å². The van der Waals surface area contributed by atoms with Crippen molar-refractivity contribution in [3.05, 3.63) is 45.6 Å². The first-order valence-corrected chi connectivity index (χ1v) is 9.94. The zero-order valence-electron chi connectivity index (χ0n) is 12.6. The lowest BCUT2D eigenvalue weighted by atomic mass is 10.1. The Bertz CT molecular complexity index is 1080. The van der Waals surface area contributed by atoms with E-state index in [9.17, 15) is 8.42 Å². The standard InChI is InChI=1S/C16H14N2O2S3/c1-4-7-18-13-10-11(2)9-12(3)15(13)22-16(18)17-23(19,20)14-6-5-8-21-14/h1,5-6,8-10H,7H2,2-3H3. The molecule has 2 aromatic heterocycles. The average Bonchev–Trinajstić information content (AvgIpc) is 3.10. The molecule has 0 saturated carbocycles. The van der Waals surface area contributed by atoms with E-state index in [0.29, 0.717) is 4.80 Å². The second-order valence-corrected chi connectivity index (χ2v) is 8.86. The molecule has 7 heteroatoms. The minimum Gasteiger partial charge on any atom is -0.304 e. The molecule has 118 valence electrons. The van der Waals surface area contributed by atoms with Crippen molar-refractivity contribution in [1.82, 2.24) is 4.57 Å². The SMILES string of the molecule is C#CCn1c(=NS(=O)(=O)c2cccs2)sc2c(C)cc(C)cc21. The van der Waals surface area contributed by atoms with Crippen molar-refractivity contribution in [1.29, 1.82) is 0 Å². The topological polar surface area (TPSA) is 51.4 Å². The molecule has 0 saturated heterocycles. The van der Waals surface area contributed by atoms with Crippen molar-refractivity contribution in [2.45, 2.75) is 24.6 Å². The van der Waals surface area contributed by atoms with Crippen LogP contribution in [0.2, 0.25) is 0 Å². The molecular weight excluding hydrogens is 348 g/mol. The van der Waals surface area contributed by atoms with Crippen molar-refractivity contribution in [3.63, 3.8) is 0 Å². The maximum atomic E-state index is 12.4. The molecule has 0 fully saturated rings. The molecule has 4 nitrogen and oxygen atoms in total. The van der Waals surface area contributed by atoms with Gasteiger partial charge in [0.05, 0.1) is 16.8 Å². The lowest BCUT2D eigenvalue weighted by molar-refractivity contribution is 0.598. The fourth-order valence-corrected chi connectivity index (χ4v) is 5.64. The fraction of sp³-hybridized carbons (Fsp3) is 0.188. The number of terminal acetylenes is 1. The van der Waals surface area contributed by atoms with E-state index in [-0.39, 0.29) is 10.8 Å². The lowest BCUT2D eigenvalue weighted by Gasteiger charge is -2.02. The molecule has 0 atom stereocenters. The third-order valence-electron chi connectivity index (χ3n) is 3.31. The summed E-state index contributed by atoms with van der Waals surface area (Å²) in [7, 11) is -3.72. The number of benzene rings is 1. The van der Waals surface area contributed by atoms with E-state index >= 15 is 0 Å². The quantitative estimate of drug-likeness (QED) is 0.671. The summed E-state index contributed by atoms with van der Waals surface area (Å²) in [6.45, 7) is 4.29. The van der Waals surface area contributed by atoms with Crippen LogP contribution in [-0.4, -0.2) is 13.0 Å². The van der Waals surface area contributed by atoms with E-state index in [1.807, 2.05) is 19.9 Å². The summed E-state index contributed by atoms with van der Waals surface area (Å²) in [6, 6.07) is 7.32. The molecule has 0 radical (unpaired) electrons. The highest BCUT2D eigenvalue weighted by Gasteiger charge is 2.16. The van der Waals surface area contributed by atoms with Crippen LogP contribution in [0.25, 0.3) is 10.2 Å². The largest absolute Gasteiger partial charge is 0.304 e. The van der Waals surface area contributed by atoms with Gasteiger partial charge in [0, 0.05) is 0 Å². The maximum Gasteiger partial charge on any atom is 0.294 e. The van der Waals surface area contributed by atoms with Crippen LogP contribution in [0, 0.1) is 26.2 Å². The van der Waals surface area contributed by atoms with E-state index in [4.69, 9.17) is 6.42 Å². The Morgan fingerprint density at radius 1 is 1.35 bits per heavy atom. The van der Waals surface area contributed by atoms with Crippen LogP contribution in [0.1, 0.15) is 11.1 Å². The first kappa shape index (κ1) is 16.0. The van der Waals surface area contributed by atoms with Gasteiger partial charge in [0.25, 0.3) is 10.0 Å². The molecular formula is C16H14N2O2S3. The van der Waals surface area contributed by atoms with E-state index in [1.54, 1.807) is 22.1 Å². The monoisotopic (exact) mass is 362 g/mol. The summed E-state index contributed by atoms with van der Waals surface area (Å²) in [6.07, 6.45) is 5.46. The van der Waals surface area contributed by atoms with Crippen molar-refractivity contribution >= 4 is 42.9 Å². The molecule has 3 aromatic rings. The molecule has 0 aliphatic rings. The van der Waals surface area contributed by atoms with Gasteiger partial charge in [-0.2, -0.15) is 8.42 Å². The second-order valence-electron chi connectivity index (χ2n) is 5.10. The number of nitrogens with zero attached hydrogens (tertiary/aromatic N) is 2. The van der Waals surface area contributed by atoms with Gasteiger partial charge in [0.1, 0.15) is 4.21 Å². The molecule has 0 amide bonds. The van der Waals surface area contributed by atoms with Gasteiger partial charge in [-0.1, -0.05) is 29.4 Å². The summed E-state index contributed by atoms with van der Waals surface area (Å²) in [5, 5.41) is 1.72. The van der Waals surface area contributed by atoms with Gasteiger partial charge in [0.2, 0.25) is 4.80 Å².